The van der Waals surface area contributed by atoms with Gasteiger partial charge in [-0.05, 0) is 24.3 Å². The summed E-state index contributed by atoms with van der Waals surface area (Å²) in [6.45, 7) is 0. The van der Waals surface area contributed by atoms with Gasteiger partial charge in [0.2, 0.25) is 5.91 Å². The molecule has 0 spiro atoms. The maximum Gasteiger partial charge on any atom is 0.335 e. The number of carbonyl (C=O) groups is 2. The molecule has 0 aliphatic heterocycles. The Kier molecular flexibility index (Phi) is 5.24. The average molecular weight is 319 g/mol. The maximum atomic E-state index is 12.1. The summed E-state index contributed by atoms with van der Waals surface area (Å²) >= 11 is 0. The number of hydrogen-bond acceptors (Lipinski definition) is 5. The summed E-state index contributed by atoms with van der Waals surface area (Å²) in [5, 5.41) is 11.8. The molecule has 2 aromatic rings. The molecule has 0 saturated heterocycles. The van der Waals surface area contributed by atoms with Crippen LogP contribution < -0.4 is 14.8 Å². The standard InChI is InChI=1S/C16H17NO6/c1-21-13-9-10(16(19)20)8-12(15(13)22-2)17-14(18)6-5-11-4-3-7-23-11/h3-4,7-9H,5-6H2,1-2H3,(H,17,18)(H,19,20). The molecule has 7 heteroatoms. The Morgan fingerprint density at radius 2 is 2.04 bits per heavy atom. The molecule has 0 fully saturated rings. The van der Waals surface area contributed by atoms with Crippen LogP contribution in [-0.2, 0) is 11.2 Å². The number of aryl methyl sites for hydroxylation is 1. The molecule has 2 rings (SSSR count). The monoisotopic (exact) mass is 319 g/mol. The highest BCUT2D eigenvalue weighted by molar-refractivity contribution is 5.96. The van der Waals surface area contributed by atoms with Crippen LogP contribution in [0.25, 0.3) is 0 Å². The fourth-order valence-corrected chi connectivity index (χ4v) is 2.08. The highest BCUT2D eigenvalue weighted by Gasteiger charge is 2.17. The summed E-state index contributed by atoms with van der Waals surface area (Å²) in [6.07, 6.45) is 2.17. The van der Waals surface area contributed by atoms with Crippen LogP contribution in [0, 0.1) is 0 Å². The second-order valence-corrected chi connectivity index (χ2v) is 4.69. The SMILES string of the molecule is COc1cc(C(=O)O)cc(NC(=O)CCc2ccco2)c1OC. The molecular formula is C16H17NO6. The van der Waals surface area contributed by atoms with Gasteiger partial charge in [0.05, 0.1) is 31.7 Å². The molecule has 0 aliphatic rings. The third kappa shape index (κ3) is 4.03. The molecule has 0 unspecified atom stereocenters. The van der Waals surface area contributed by atoms with E-state index in [4.69, 9.17) is 19.0 Å². The van der Waals surface area contributed by atoms with Crippen LogP contribution in [0.15, 0.2) is 34.9 Å². The van der Waals surface area contributed by atoms with E-state index in [1.807, 2.05) is 0 Å². The predicted molar refractivity (Wildman–Crippen MR) is 82.2 cm³/mol. The first kappa shape index (κ1) is 16.4. The summed E-state index contributed by atoms with van der Waals surface area (Å²) in [5.74, 6) is -0.220. The van der Waals surface area contributed by atoms with Gasteiger partial charge in [0.15, 0.2) is 11.5 Å². The van der Waals surface area contributed by atoms with Gasteiger partial charge in [-0.15, -0.1) is 0 Å². The summed E-state index contributed by atoms with van der Waals surface area (Å²) in [5.41, 5.74) is 0.234. The number of anilines is 1. The minimum absolute atomic E-state index is 0.0102. The average Bonchev–Trinajstić information content (AvgIpc) is 3.05. The van der Waals surface area contributed by atoms with Crippen molar-refractivity contribution < 1.29 is 28.6 Å². The van der Waals surface area contributed by atoms with E-state index in [1.165, 1.54) is 32.6 Å². The fraction of sp³-hybridized carbons (Fsp3) is 0.250. The quantitative estimate of drug-likeness (QED) is 0.814. The van der Waals surface area contributed by atoms with Crippen LogP contribution in [0.3, 0.4) is 0 Å². The number of amides is 1. The number of aromatic carboxylic acids is 1. The van der Waals surface area contributed by atoms with E-state index in [9.17, 15) is 9.59 Å². The number of furan rings is 1. The van der Waals surface area contributed by atoms with E-state index in [0.717, 1.165) is 0 Å². The summed E-state index contributed by atoms with van der Waals surface area (Å²) in [7, 11) is 2.81. The first-order valence-corrected chi connectivity index (χ1v) is 6.86. The Morgan fingerprint density at radius 3 is 2.61 bits per heavy atom. The zero-order valence-electron chi connectivity index (χ0n) is 12.8. The van der Waals surface area contributed by atoms with Crippen LogP contribution >= 0.6 is 0 Å². The van der Waals surface area contributed by atoms with Crippen molar-refractivity contribution in [3.8, 4) is 11.5 Å². The van der Waals surface area contributed by atoms with Gasteiger partial charge in [-0.2, -0.15) is 0 Å². The summed E-state index contributed by atoms with van der Waals surface area (Å²) in [4.78, 5) is 23.2. The molecule has 122 valence electrons. The van der Waals surface area contributed by atoms with Gasteiger partial charge in [-0.1, -0.05) is 0 Å². The van der Waals surface area contributed by atoms with Crippen LogP contribution in [0.1, 0.15) is 22.5 Å². The van der Waals surface area contributed by atoms with Crippen LogP contribution in [0.2, 0.25) is 0 Å². The molecule has 0 radical (unpaired) electrons. The molecule has 2 N–H and O–H groups in total. The molecule has 0 saturated carbocycles. The van der Waals surface area contributed by atoms with Crippen LogP contribution in [0.5, 0.6) is 11.5 Å². The molecular weight excluding hydrogens is 302 g/mol. The minimum atomic E-state index is -1.13. The molecule has 0 atom stereocenters. The van der Waals surface area contributed by atoms with Crippen LogP contribution in [-0.4, -0.2) is 31.2 Å². The lowest BCUT2D eigenvalue weighted by molar-refractivity contribution is -0.116. The first-order valence-electron chi connectivity index (χ1n) is 6.86. The Hall–Kier alpha value is -2.96. The second kappa shape index (κ2) is 7.35. The van der Waals surface area contributed by atoms with E-state index in [2.05, 4.69) is 5.32 Å². The van der Waals surface area contributed by atoms with E-state index < -0.39 is 5.97 Å². The molecule has 23 heavy (non-hydrogen) atoms. The van der Waals surface area contributed by atoms with Gasteiger partial charge in [-0.3, -0.25) is 4.79 Å². The number of ether oxygens (including phenoxy) is 2. The number of methoxy groups -OCH3 is 2. The Labute approximate surface area is 132 Å². The highest BCUT2D eigenvalue weighted by atomic mass is 16.5. The van der Waals surface area contributed by atoms with E-state index in [-0.39, 0.29) is 35.1 Å². The van der Waals surface area contributed by atoms with Crippen LogP contribution in [0.4, 0.5) is 5.69 Å². The van der Waals surface area contributed by atoms with E-state index in [1.54, 1.807) is 12.1 Å². The lowest BCUT2D eigenvalue weighted by atomic mass is 10.1. The van der Waals surface area contributed by atoms with Gasteiger partial charge in [0, 0.05) is 12.8 Å². The predicted octanol–water partition coefficient (Wildman–Crippen LogP) is 2.57. The topological polar surface area (TPSA) is 98.0 Å². The van der Waals surface area contributed by atoms with Crippen molar-refractivity contribution in [2.75, 3.05) is 19.5 Å². The molecule has 1 aromatic heterocycles. The number of carboxylic acids is 1. The number of nitrogens with one attached hydrogen (secondary N) is 1. The van der Waals surface area contributed by atoms with Gasteiger partial charge < -0.3 is 24.3 Å². The van der Waals surface area contributed by atoms with Crippen molar-refractivity contribution in [3.05, 3.63) is 41.9 Å². The lowest BCUT2D eigenvalue weighted by Gasteiger charge is -2.14. The van der Waals surface area contributed by atoms with Gasteiger partial charge in [0.25, 0.3) is 0 Å². The second-order valence-electron chi connectivity index (χ2n) is 4.69. The molecule has 0 bridgehead atoms. The van der Waals surface area contributed by atoms with E-state index >= 15 is 0 Å². The normalized spacial score (nSPS) is 10.2. The van der Waals surface area contributed by atoms with Gasteiger partial charge in [-0.25, -0.2) is 4.79 Å². The smallest absolute Gasteiger partial charge is 0.335 e. The van der Waals surface area contributed by atoms with E-state index in [0.29, 0.717) is 12.2 Å². The summed E-state index contributed by atoms with van der Waals surface area (Å²) < 4.78 is 15.5. The zero-order valence-corrected chi connectivity index (χ0v) is 12.8. The number of rotatable bonds is 7. The number of carboxylic acid groups (broad SMARTS) is 1. The number of hydrogen-bond donors (Lipinski definition) is 2. The van der Waals surface area contributed by atoms with Crippen molar-refractivity contribution in [1.82, 2.24) is 0 Å². The molecule has 0 aliphatic carbocycles. The minimum Gasteiger partial charge on any atom is -0.493 e. The van der Waals surface area contributed by atoms with Crippen molar-refractivity contribution in [2.45, 2.75) is 12.8 Å². The molecule has 7 nitrogen and oxygen atoms in total. The lowest BCUT2D eigenvalue weighted by Crippen LogP contribution is -2.14. The third-order valence-corrected chi connectivity index (χ3v) is 3.18. The first-order chi connectivity index (χ1) is 11.0. The zero-order chi connectivity index (χ0) is 16.8. The summed E-state index contributed by atoms with van der Waals surface area (Å²) in [6, 6.07) is 6.19. The van der Waals surface area contributed by atoms with Gasteiger partial charge in [0.1, 0.15) is 5.76 Å². The Balaban J connectivity index is 2.17. The van der Waals surface area contributed by atoms with Crippen molar-refractivity contribution >= 4 is 17.6 Å². The number of benzene rings is 1. The molecule has 1 amide bonds. The van der Waals surface area contributed by atoms with Gasteiger partial charge >= 0.3 is 5.97 Å². The number of carbonyl (C=O) groups excluding carboxylic acids is 1. The maximum absolute atomic E-state index is 12.1. The fourth-order valence-electron chi connectivity index (χ4n) is 2.08. The molecule has 1 heterocycles. The molecule has 1 aromatic carbocycles. The largest absolute Gasteiger partial charge is 0.493 e. The van der Waals surface area contributed by atoms with Crippen molar-refractivity contribution in [2.24, 2.45) is 0 Å². The Morgan fingerprint density at radius 1 is 1.26 bits per heavy atom. The van der Waals surface area contributed by atoms with Crippen molar-refractivity contribution in [3.63, 3.8) is 0 Å². The highest BCUT2D eigenvalue weighted by Crippen LogP contribution is 2.36. The third-order valence-electron chi connectivity index (χ3n) is 3.18. The van der Waals surface area contributed by atoms with Crippen molar-refractivity contribution in [1.29, 1.82) is 0 Å². The Bertz CT molecular complexity index is 693.